The van der Waals surface area contributed by atoms with E-state index in [1.807, 2.05) is 0 Å². The summed E-state index contributed by atoms with van der Waals surface area (Å²) in [5, 5.41) is 0. The Morgan fingerprint density at radius 1 is 0.321 bits per heavy atom. The van der Waals surface area contributed by atoms with Crippen molar-refractivity contribution in [1.82, 2.24) is 0 Å². The van der Waals surface area contributed by atoms with Crippen LogP contribution in [0.1, 0.15) is 143 Å². The Morgan fingerprint density at radius 3 is 0.893 bits per heavy atom. The van der Waals surface area contributed by atoms with Crippen LogP contribution in [0.4, 0.5) is 0 Å². The number of nitrogens with zero attached hydrogens (tertiary/aromatic N) is 1. The molecule has 0 bridgehead atoms. The van der Waals surface area contributed by atoms with E-state index in [-0.39, 0.29) is 17.0 Å². The normalized spacial score (nSPS) is 11.6. The highest BCUT2D eigenvalue weighted by molar-refractivity contribution is 4.52. The van der Waals surface area contributed by atoms with E-state index in [0.717, 1.165) is 0 Å². The highest BCUT2D eigenvalue weighted by atomic mass is 79.9. The lowest BCUT2D eigenvalue weighted by atomic mass is 10.1. The Hall–Kier alpha value is 0.440. The predicted octanol–water partition coefficient (Wildman–Crippen LogP) is 5.91. The molecule has 0 rings (SSSR count). The molecule has 0 heterocycles. The third-order valence-corrected chi connectivity index (χ3v) is 6.37. The van der Waals surface area contributed by atoms with Gasteiger partial charge in [-0.15, -0.1) is 0 Å². The number of rotatable bonds is 22. The smallest absolute Gasteiger partial charge is 0.0786 e. The zero-order valence-electron chi connectivity index (χ0n) is 20.4. The van der Waals surface area contributed by atoms with Gasteiger partial charge in [0.15, 0.2) is 0 Å². The number of hydrogen-bond acceptors (Lipinski definition) is 0. The first kappa shape index (κ1) is 30.6. The molecule has 0 spiro atoms. The van der Waals surface area contributed by atoms with Crippen molar-refractivity contribution >= 4 is 0 Å². The van der Waals surface area contributed by atoms with Gasteiger partial charge in [0.05, 0.1) is 26.2 Å². The van der Waals surface area contributed by atoms with Crippen LogP contribution in [0.5, 0.6) is 0 Å². The van der Waals surface area contributed by atoms with Crippen LogP contribution < -0.4 is 17.0 Å². The molecule has 0 aliphatic rings. The van der Waals surface area contributed by atoms with Gasteiger partial charge in [-0.05, 0) is 38.5 Å². The fourth-order valence-corrected chi connectivity index (χ4v) is 4.78. The van der Waals surface area contributed by atoms with E-state index >= 15 is 0 Å². The Bertz CT molecular complexity index is 252. The minimum atomic E-state index is 0. The summed E-state index contributed by atoms with van der Waals surface area (Å²) in [6.07, 6.45) is 25.9. The lowest BCUT2D eigenvalue weighted by Crippen LogP contribution is -3.00. The van der Waals surface area contributed by atoms with Gasteiger partial charge in [-0.25, -0.2) is 0 Å². The van der Waals surface area contributed by atoms with E-state index in [1.165, 1.54) is 146 Å². The molecular formula is C26H56BrN. The molecule has 0 fully saturated rings. The summed E-state index contributed by atoms with van der Waals surface area (Å²) < 4.78 is 1.43. The Balaban J connectivity index is 0. The van der Waals surface area contributed by atoms with E-state index < -0.39 is 0 Å². The van der Waals surface area contributed by atoms with Gasteiger partial charge >= 0.3 is 0 Å². The molecule has 2 heteroatoms. The monoisotopic (exact) mass is 461 g/mol. The molecule has 0 saturated carbocycles. The van der Waals surface area contributed by atoms with Gasteiger partial charge in [0.25, 0.3) is 0 Å². The van der Waals surface area contributed by atoms with E-state index in [2.05, 4.69) is 27.7 Å². The maximum absolute atomic E-state index is 2.39. The van der Waals surface area contributed by atoms with Gasteiger partial charge < -0.3 is 21.5 Å². The second-order valence-electron chi connectivity index (χ2n) is 9.19. The van der Waals surface area contributed by atoms with E-state index in [0.29, 0.717) is 0 Å². The lowest BCUT2D eigenvalue weighted by Gasteiger charge is -2.39. The summed E-state index contributed by atoms with van der Waals surface area (Å²) in [6, 6.07) is 0. The van der Waals surface area contributed by atoms with E-state index in [9.17, 15) is 0 Å². The Morgan fingerprint density at radius 2 is 0.607 bits per heavy atom. The maximum atomic E-state index is 2.39. The molecule has 0 amide bonds. The van der Waals surface area contributed by atoms with E-state index in [1.54, 1.807) is 0 Å². The van der Waals surface area contributed by atoms with E-state index in [4.69, 9.17) is 0 Å². The summed E-state index contributed by atoms with van der Waals surface area (Å²) in [6.45, 7) is 15.1. The number of hydrogen-bond donors (Lipinski definition) is 0. The molecule has 0 aromatic rings. The molecular weight excluding hydrogens is 406 g/mol. The quantitative estimate of drug-likeness (QED) is 0.139. The van der Waals surface area contributed by atoms with Gasteiger partial charge in [0, 0.05) is 0 Å². The topological polar surface area (TPSA) is 0 Å². The zero-order chi connectivity index (χ0) is 20.1. The van der Waals surface area contributed by atoms with Crippen LogP contribution in [0.2, 0.25) is 0 Å². The first-order valence-electron chi connectivity index (χ1n) is 13.1. The lowest BCUT2D eigenvalue weighted by molar-refractivity contribution is -0.928. The highest BCUT2D eigenvalue weighted by Gasteiger charge is 2.24. The molecule has 0 aromatic carbocycles. The minimum absolute atomic E-state index is 0. The van der Waals surface area contributed by atoms with Gasteiger partial charge in [-0.3, -0.25) is 0 Å². The minimum Gasteiger partial charge on any atom is -1.00 e. The van der Waals surface area contributed by atoms with Gasteiger partial charge in [0.2, 0.25) is 0 Å². The summed E-state index contributed by atoms with van der Waals surface area (Å²) in [7, 11) is 0. The van der Waals surface area contributed by atoms with Crippen LogP contribution in [0, 0.1) is 0 Å². The zero-order valence-corrected chi connectivity index (χ0v) is 22.0. The first-order valence-corrected chi connectivity index (χ1v) is 13.1. The molecule has 0 N–H and O–H groups in total. The SMILES string of the molecule is CCCCCCCCCC[N+](CCC)(CCC)CCCCCCCCCC.[Br-]. The molecule has 172 valence electrons. The predicted molar refractivity (Wildman–Crippen MR) is 126 cm³/mol. The third kappa shape index (κ3) is 18.5. The van der Waals surface area contributed by atoms with Crippen LogP contribution >= 0.6 is 0 Å². The van der Waals surface area contributed by atoms with Crippen molar-refractivity contribution in [2.45, 2.75) is 143 Å². The first-order chi connectivity index (χ1) is 13.2. The van der Waals surface area contributed by atoms with Crippen molar-refractivity contribution in [3.05, 3.63) is 0 Å². The second-order valence-corrected chi connectivity index (χ2v) is 9.19. The molecule has 0 aliphatic heterocycles. The van der Waals surface area contributed by atoms with Crippen molar-refractivity contribution < 1.29 is 21.5 Å². The fraction of sp³-hybridized carbons (Fsp3) is 1.00. The van der Waals surface area contributed by atoms with Crippen molar-refractivity contribution in [3.8, 4) is 0 Å². The molecule has 0 atom stereocenters. The number of halogens is 1. The van der Waals surface area contributed by atoms with Gasteiger partial charge in [0.1, 0.15) is 0 Å². The molecule has 0 unspecified atom stereocenters. The molecule has 0 aromatic heterocycles. The molecule has 0 radical (unpaired) electrons. The fourth-order valence-electron chi connectivity index (χ4n) is 4.78. The largest absolute Gasteiger partial charge is 1.00 e. The van der Waals surface area contributed by atoms with Crippen LogP contribution in [-0.4, -0.2) is 30.7 Å². The van der Waals surface area contributed by atoms with Crippen molar-refractivity contribution in [2.24, 2.45) is 0 Å². The molecule has 0 aliphatic carbocycles. The van der Waals surface area contributed by atoms with Crippen LogP contribution in [0.25, 0.3) is 0 Å². The van der Waals surface area contributed by atoms with Crippen molar-refractivity contribution in [3.63, 3.8) is 0 Å². The Labute approximate surface area is 190 Å². The average molecular weight is 463 g/mol. The number of quaternary nitrogens is 1. The van der Waals surface area contributed by atoms with Crippen LogP contribution in [0.3, 0.4) is 0 Å². The third-order valence-electron chi connectivity index (χ3n) is 6.37. The average Bonchev–Trinajstić information content (AvgIpc) is 2.66. The summed E-state index contributed by atoms with van der Waals surface area (Å²) in [5.41, 5.74) is 0. The van der Waals surface area contributed by atoms with Crippen LogP contribution in [-0.2, 0) is 0 Å². The molecule has 0 saturated heterocycles. The standard InChI is InChI=1S/C26H56N.BrH/c1-5-9-11-13-15-17-19-21-25-27(23-7-3,24-8-4)26-22-20-18-16-14-12-10-6-2;/h5-26H2,1-4H3;1H/q+1;/p-1. The highest BCUT2D eigenvalue weighted by Crippen LogP contribution is 2.18. The summed E-state index contributed by atoms with van der Waals surface area (Å²) in [5.74, 6) is 0. The number of unbranched alkanes of at least 4 members (excludes halogenated alkanes) is 14. The van der Waals surface area contributed by atoms with Gasteiger partial charge in [-0.2, -0.15) is 0 Å². The van der Waals surface area contributed by atoms with Gasteiger partial charge in [-0.1, -0.05) is 105 Å². The van der Waals surface area contributed by atoms with Crippen molar-refractivity contribution in [1.29, 1.82) is 0 Å². The van der Waals surface area contributed by atoms with Crippen molar-refractivity contribution in [2.75, 3.05) is 26.2 Å². The maximum Gasteiger partial charge on any atom is 0.0786 e. The van der Waals surface area contributed by atoms with Crippen LogP contribution in [0.15, 0.2) is 0 Å². The molecule has 28 heavy (non-hydrogen) atoms. The summed E-state index contributed by atoms with van der Waals surface area (Å²) in [4.78, 5) is 0. The Kier molecular flexibility index (Phi) is 25.9. The summed E-state index contributed by atoms with van der Waals surface area (Å²) >= 11 is 0. The second kappa shape index (κ2) is 23.7. The molecule has 1 nitrogen and oxygen atoms in total.